The fourth-order valence-corrected chi connectivity index (χ4v) is 4.31. The van der Waals surface area contributed by atoms with E-state index < -0.39 is 32.8 Å². The highest BCUT2D eigenvalue weighted by Gasteiger charge is 2.46. The summed E-state index contributed by atoms with van der Waals surface area (Å²) in [5.41, 5.74) is 0.116. The van der Waals surface area contributed by atoms with Crippen LogP contribution >= 0.6 is 0 Å². The number of amides is 3. The van der Waals surface area contributed by atoms with Gasteiger partial charge in [0.2, 0.25) is 10.0 Å². The number of sulfonamides is 1. The summed E-state index contributed by atoms with van der Waals surface area (Å²) in [6.45, 7) is 1.84. The van der Waals surface area contributed by atoms with Gasteiger partial charge in [-0.15, -0.1) is 6.42 Å². The number of hydrogen-bond acceptors (Lipinski definition) is 4. The van der Waals surface area contributed by atoms with Crippen molar-refractivity contribution in [1.82, 2.24) is 9.62 Å². The Kier molecular flexibility index (Phi) is 3.73. The average molecular weight is 348 g/mol. The summed E-state index contributed by atoms with van der Waals surface area (Å²) in [4.78, 5) is 25.5. The number of allylic oxidation sites excluding steroid dienone is 1. The van der Waals surface area contributed by atoms with Crippen molar-refractivity contribution in [3.05, 3.63) is 23.8 Å². The molecule has 3 aliphatic rings. The van der Waals surface area contributed by atoms with Crippen LogP contribution in [0, 0.1) is 12.3 Å². The monoisotopic (exact) mass is 348 g/mol. The van der Waals surface area contributed by atoms with E-state index >= 15 is 0 Å². The fourth-order valence-electron chi connectivity index (χ4n) is 2.69. The lowest BCUT2D eigenvalue weighted by atomic mass is 10.00. The van der Waals surface area contributed by atoms with E-state index in [1.165, 1.54) is 29.9 Å². The highest BCUT2D eigenvalue weighted by Crippen LogP contribution is 2.36. The Hall–Kier alpha value is -2.24. The standard InChI is InChI=1S/C16H18N3O4S/c1-4-9-19-13-6-5-11(24(22,23)17-16(2)7-8-16)10-12(13)14(20)18(3)15(19)21/h1,5-6,10-11,17H,7-9H2,2-3H3/q+1. The van der Waals surface area contributed by atoms with Crippen molar-refractivity contribution in [2.75, 3.05) is 13.6 Å². The van der Waals surface area contributed by atoms with Gasteiger partial charge in [-0.2, -0.15) is 14.3 Å². The van der Waals surface area contributed by atoms with Crippen molar-refractivity contribution < 1.29 is 22.6 Å². The van der Waals surface area contributed by atoms with Crippen LogP contribution in [0.2, 0.25) is 0 Å². The number of nitrogens with zero attached hydrogens (tertiary/aromatic N) is 2. The molecule has 0 saturated heterocycles. The number of imide groups is 1. The minimum absolute atomic E-state index is 0.00119. The van der Waals surface area contributed by atoms with E-state index in [1.807, 2.05) is 6.92 Å². The molecule has 8 heteroatoms. The van der Waals surface area contributed by atoms with Gasteiger partial charge < -0.3 is 0 Å². The zero-order valence-corrected chi connectivity index (χ0v) is 14.3. The number of carbonyl (C=O) groups is 2. The Morgan fingerprint density at radius 3 is 2.71 bits per heavy atom. The molecule has 0 bridgehead atoms. The lowest BCUT2D eigenvalue weighted by molar-refractivity contribution is -0.421. The van der Waals surface area contributed by atoms with Crippen molar-refractivity contribution in [2.45, 2.75) is 30.6 Å². The second-order valence-electron chi connectivity index (χ2n) is 6.43. The van der Waals surface area contributed by atoms with Crippen molar-refractivity contribution in [2.24, 2.45) is 0 Å². The second-order valence-corrected chi connectivity index (χ2v) is 8.27. The third-order valence-corrected chi connectivity index (χ3v) is 6.18. The van der Waals surface area contributed by atoms with E-state index in [1.54, 1.807) is 0 Å². The van der Waals surface area contributed by atoms with Gasteiger partial charge >= 0.3 is 11.9 Å². The van der Waals surface area contributed by atoms with Crippen LogP contribution in [0.1, 0.15) is 19.8 Å². The second kappa shape index (κ2) is 5.40. The maximum atomic E-state index is 12.5. The molecule has 0 spiro atoms. The van der Waals surface area contributed by atoms with Gasteiger partial charge in [0.15, 0.2) is 6.54 Å². The van der Waals surface area contributed by atoms with Gasteiger partial charge in [0.1, 0.15) is 16.5 Å². The molecule has 0 aromatic heterocycles. The van der Waals surface area contributed by atoms with Gasteiger partial charge in [-0.25, -0.2) is 17.9 Å². The molecule has 1 unspecified atom stereocenters. The smallest absolute Gasteiger partial charge is 0.241 e. The zero-order chi connectivity index (χ0) is 17.7. The predicted molar refractivity (Wildman–Crippen MR) is 87.8 cm³/mol. The number of hydrogen-bond donors (Lipinski definition) is 1. The van der Waals surface area contributed by atoms with Crippen LogP contribution in [0.3, 0.4) is 0 Å². The van der Waals surface area contributed by atoms with Crippen molar-refractivity contribution in [3.63, 3.8) is 0 Å². The molecule has 3 amide bonds. The molecule has 24 heavy (non-hydrogen) atoms. The summed E-state index contributed by atoms with van der Waals surface area (Å²) >= 11 is 0. The Morgan fingerprint density at radius 2 is 2.12 bits per heavy atom. The van der Waals surface area contributed by atoms with Crippen molar-refractivity contribution in [1.29, 1.82) is 0 Å². The first kappa shape index (κ1) is 16.6. The number of carbonyl (C=O) groups excluding carboxylic acids is 2. The molecule has 0 aromatic rings. The van der Waals surface area contributed by atoms with Crippen molar-refractivity contribution in [3.8, 4) is 12.3 Å². The van der Waals surface area contributed by atoms with Crippen LogP contribution in [-0.4, -0.2) is 59.9 Å². The summed E-state index contributed by atoms with van der Waals surface area (Å²) < 4.78 is 29.0. The minimum Gasteiger partial charge on any atom is -0.241 e. The molecule has 0 aromatic carbocycles. The normalized spacial score (nSPS) is 25.3. The van der Waals surface area contributed by atoms with E-state index in [4.69, 9.17) is 6.42 Å². The maximum Gasteiger partial charge on any atom is 0.502 e. The molecule has 126 valence electrons. The first-order chi connectivity index (χ1) is 11.2. The molecule has 1 heterocycles. The van der Waals surface area contributed by atoms with Gasteiger partial charge in [0, 0.05) is 5.54 Å². The van der Waals surface area contributed by atoms with Crippen LogP contribution in [0.5, 0.6) is 0 Å². The third kappa shape index (κ3) is 2.70. The summed E-state index contributed by atoms with van der Waals surface area (Å²) in [5, 5.41) is -0.966. The highest BCUT2D eigenvalue weighted by molar-refractivity contribution is 7.90. The summed E-state index contributed by atoms with van der Waals surface area (Å²) in [6, 6.07) is -0.528. The van der Waals surface area contributed by atoms with Gasteiger partial charge in [0.05, 0.1) is 7.05 Å². The SMILES string of the molecule is C#CC[N+]1=C2C=CC(S(=O)(=O)NC3(C)CC3)C=C2C(=O)N(C)C1=O. The quantitative estimate of drug-likeness (QED) is 0.572. The molecule has 1 saturated carbocycles. The Morgan fingerprint density at radius 1 is 1.46 bits per heavy atom. The zero-order valence-electron chi connectivity index (χ0n) is 13.4. The van der Waals surface area contributed by atoms with E-state index in [9.17, 15) is 18.0 Å². The fraction of sp³-hybridized carbons (Fsp3) is 0.438. The van der Waals surface area contributed by atoms with Crippen LogP contribution in [0.4, 0.5) is 4.79 Å². The topological polar surface area (TPSA) is 86.6 Å². The largest absolute Gasteiger partial charge is 0.502 e. The number of terminal acetylenes is 1. The summed E-state index contributed by atoms with van der Waals surface area (Å²) in [7, 11) is -2.31. The maximum absolute atomic E-state index is 12.5. The lowest BCUT2D eigenvalue weighted by Gasteiger charge is -2.24. The molecule has 1 atom stereocenters. The summed E-state index contributed by atoms with van der Waals surface area (Å²) in [6.07, 6.45) is 11.2. The first-order valence-corrected chi connectivity index (χ1v) is 9.06. The van der Waals surface area contributed by atoms with Crippen molar-refractivity contribution >= 4 is 27.7 Å². The van der Waals surface area contributed by atoms with Gasteiger partial charge in [-0.1, -0.05) is 12.0 Å². The molecule has 2 aliphatic carbocycles. The molecule has 7 nitrogen and oxygen atoms in total. The van der Waals surface area contributed by atoms with Crippen LogP contribution in [-0.2, 0) is 14.8 Å². The molecule has 3 rings (SSSR count). The Bertz CT molecular complexity index is 869. The average Bonchev–Trinajstić information content (AvgIpc) is 3.25. The number of likely N-dealkylation sites (N-methyl/N-ethyl adjacent to an activating group) is 1. The van der Waals surface area contributed by atoms with Gasteiger partial charge in [0.25, 0.3) is 0 Å². The minimum atomic E-state index is -3.65. The molecule has 1 N–H and O–H groups in total. The molecular weight excluding hydrogens is 330 g/mol. The number of rotatable bonds is 4. The van der Waals surface area contributed by atoms with Crippen LogP contribution in [0.25, 0.3) is 0 Å². The number of fused-ring (bicyclic) bond motifs is 1. The van der Waals surface area contributed by atoms with Gasteiger partial charge in [-0.3, -0.25) is 0 Å². The van der Waals surface area contributed by atoms with E-state index in [2.05, 4.69) is 10.6 Å². The Labute approximate surface area is 140 Å². The van der Waals surface area contributed by atoms with Crippen LogP contribution < -0.4 is 4.72 Å². The number of nitrogens with one attached hydrogen (secondary N) is 1. The highest BCUT2D eigenvalue weighted by atomic mass is 32.2. The number of urea groups is 1. The van der Waals surface area contributed by atoms with E-state index in [-0.39, 0.29) is 12.1 Å². The molecule has 0 radical (unpaired) electrons. The molecule has 1 aliphatic heterocycles. The molecular formula is C16H18N3O4S+. The van der Waals surface area contributed by atoms with E-state index in [0.717, 1.165) is 17.7 Å². The first-order valence-electron chi connectivity index (χ1n) is 7.52. The van der Waals surface area contributed by atoms with Gasteiger partial charge in [-0.05, 0) is 31.9 Å². The third-order valence-electron chi connectivity index (χ3n) is 4.39. The summed E-state index contributed by atoms with van der Waals surface area (Å²) in [5.74, 6) is 1.84. The van der Waals surface area contributed by atoms with E-state index in [0.29, 0.717) is 5.71 Å². The molecule has 1 fully saturated rings. The predicted octanol–water partition coefficient (Wildman–Crippen LogP) is 0.00180. The Balaban J connectivity index is 2.02. The lowest BCUT2D eigenvalue weighted by Crippen LogP contribution is -2.50. The van der Waals surface area contributed by atoms with Crippen LogP contribution in [0.15, 0.2) is 23.8 Å².